The highest BCUT2D eigenvalue weighted by Gasteiger charge is 2.36. The van der Waals surface area contributed by atoms with Gasteiger partial charge in [0.1, 0.15) is 5.82 Å². The van der Waals surface area contributed by atoms with Crippen molar-refractivity contribution in [2.45, 2.75) is 45.0 Å². The van der Waals surface area contributed by atoms with Crippen LogP contribution in [-0.2, 0) is 12.4 Å². The fourth-order valence-corrected chi connectivity index (χ4v) is 3.57. The molecule has 1 fully saturated rings. The Morgan fingerprint density at radius 2 is 2.16 bits per heavy atom. The van der Waals surface area contributed by atoms with Gasteiger partial charge in [-0.3, -0.25) is 0 Å². The van der Waals surface area contributed by atoms with E-state index in [9.17, 15) is 0 Å². The molecule has 1 heterocycles. The zero-order valence-corrected chi connectivity index (χ0v) is 12.6. The van der Waals surface area contributed by atoms with E-state index in [0.717, 1.165) is 28.4 Å². The van der Waals surface area contributed by atoms with Gasteiger partial charge in [-0.25, -0.2) is 4.98 Å². The molecule has 0 bridgehead atoms. The molecule has 0 radical (unpaired) electrons. The van der Waals surface area contributed by atoms with Gasteiger partial charge in [-0.1, -0.05) is 31.0 Å². The van der Waals surface area contributed by atoms with Gasteiger partial charge in [0.05, 0.1) is 21.9 Å². The second-order valence-corrected chi connectivity index (χ2v) is 6.24. The highest BCUT2D eigenvalue weighted by atomic mass is 35.5. The predicted molar refractivity (Wildman–Crippen MR) is 80.9 cm³/mol. The lowest BCUT2D eigenvalue weighted by molar-refractivity contribution is 0.101. The van der Waals surface area contributed by atoms with Crippen molar-refractivity contribution in [1.29, 1.82) is 0 Å². The average molecular weight is 297 g/mol. The molecule has 1 aliphatic rings. The minimum Gasteiger partial charge on any atom is -0.325 e. The van der Waals surface area contributed by atoms with E-state index in [-0.39, 0.29) is 0 Å². The first-order valence-electron chi connectivity index (χ1n) is 6.89. The first-order chi connectivity index (χ1) is 9.19. The van der Waals surface area contributed by atoms with Gasteiger partial charge in [-0.2, -0.15) is 0 Å². The Labute approximate surface area is 123 Å². The molecule has 0 aliphatic heterocycles. The number of fused-ring (bicyclic) bond motifs is 1. The molecule has 2 nitrogen and oxygen atoms in total. The number of rotatable bonds is 4. The van der Waals surface area contributed by atoms with E-state index in [2.05, 4.69) is 16.5 Å². The summed E-state index contributed by atoms with van der Waals surface area (Å²) in [7, 11) is 0. The van der Waals surface area contributed by atoms with E-state index in [1.165, 1.54) is 25.7 Å². The molecule has 2 aromatic rings. The Hall–Kier alpha value is -0.730. The fourth-order valence-electron chi connectivity index (χ4n) is 3.10. The number of aromatic nitrogens is 2. The van der Waals surface area contributed by atoms with Gasteiger partial charge in [-0.05, 0) is 36.8 Å². The van der Waals surface area contributed by atoms with Crippen LogP contribution in [0.3, 0.4) is 0 Å². The van der Waals surface area contributed by atoms with Crippen molar-refractivity contribution in [3.8, 4) is 0 Å². The van der Waals surface area contributed by atoms with Crippen LogP contribution >= 0.6 is 23.2 Å². The number of alkyl halides is 1. The van der Waals surface area contributed by atoms with Crippen LogP contribution < -0.4 is 0 Å². The number of hydrogen-bond acceptors (Lipinski definition) is 1. The summed E-state index contributed by atoms with van der Waals surface area (Å²) in [6, 6.07) is 5.88. The standard InChI is InChI=1S/C15H18Cl2N2/c1-2-15(7-4-8-15)10-19-13(9-16)18-12-6-3-5-11(17)14(12)19/h3,5-6H,2,4,7-10H2,1H3. The minimum absolute atomic E-state index is 0.424. The second kappa shape index (κ2) is 4.99. The molecule has 0 spiro atoms. The third-order valence-corrected chi connectivity index (χ3v) is 5.12. The van der Waals surface area contributed by atoms with E-state index in [1.54, 1.807) is 0 Å². The largest absolute Gasteiger partial charge is 0.325 e. The van der Waals surface area contributed by atoms with Crippen molar-refractivity contribution >= 4 is 34.2 Å². The molecule has 3 rings (SSSR count). The van der Waals surface area contributed by atoms with Crippen molar-refractivity contribution in [2.24, 2.45) is 5.41 Å². The summed E-state index contributed by atoms with van der Waals surface area (Å²) in [6.07, 6.45) is 5.15. The van der Waals surface area contributed by atoms with E-state index >= 15 is 0 Å². The second-order valence-electron chi connectivity index (χ2n) is 5.56. The maximum Gasteiger partial charge on any atom is 0.124 e. The summed E-state index contributed by atoms with van der Waals surface area (Å²) >= 11 is 12.4. The predicted octanol–water partition coefficient (Wildman–Crippen LogP) is 5.01. The molecule has 0 unspecified atom stereocenters. The molecule has 1 saturated carbocycles. The Kier molecular flexibility index (Phi) is 3.48. The third-order valence-electron chi connectivity index (χ3n) is 4.57. The average Bonchev–Trinajstić information content (AvgIpc) is 2.73. The smallest absolute Gasteiger partial charge is 0.124 e. The number of para-hydroxylation sites is 1. The fraction of sp³-hybridized carbons (Fsp3) is 0.533. The van der Waals surface area contributed by atoms with Crippen LogP contribution in [0.4, 0.5) is 0 Å². The van der Waals surface area contributed by atoms with Gasteiger partial charge in [-0.15, -0.1) is 11.6 Å². The lowest BCUT2D eigenvalue weighted by Gasteiger charge is -2.42. The first kappa shape index (κ1) is 13.3. The first-order valence-corrected chi connectivity index (χ1v) is 7.80. The number of nitrogens with zero attached hydrogens (tertiary/aromatic N) is 2. The van der Waals surface area contributed by atoms with Gasteiger partial charge in [0.2, 0.25) is 0 Å². The molecule has 1 aliphatic carbocycles. The zero-order chi connectivity index (χ0) is 13.5. The van der Waals surface area contributed by atoms with Gasteiger partial charge in [0.25, 0.3) is 0 Å². The van der Waals surface area contributed by atoms with E-state index in [0.29, 0.717) is 11.3 Å². The van der Waals surface area contributed by atoms with E-state index in [4.69, 9.17) is 23.2 Å². The van der Waals surface area contributed by atoms with E-state index < -0.39 is 0 Å². The third kappa shape index (κ3) is 2.15. The molecule has 102 valence electrons. The van der Waals surface area contributed by atoms with Crippen molar-refractivity contribution in [1.82, 2.24) is 9.55 Å². The van der Waals surface area contributed by atoms with Crippen LogP contribution in [0.5, 0.6) is 0 Å². The molecular weight excluding hydrogens is 279 g/mol. The molecule has 19 heavy (non-hydrogen) atoms. The van der Waals surface area contributed by atoms with Crippen molar-refractivity contribution in [3.63, 3.8) is 0 Å². The quantitative estimate of drug-likeness (QED) is 0.725. The Balaban J connectivity index is 2.10. The molecule has 1 aromatic heterocycles. The number of halogens is 2. The summed E-state index contributed by atoms with van der Waals surface area (Å²) in [5.41, 5.74) is 2.42. The van der Waals surface area contributed by atoms with Crippen LogP contribution in [0.2, 0.25) is 5.02 Å². The monoisotopic (exact) mass is 296 g/mol. The van der Waals surface area contributed by atoms with Crippen LogP contribution in [0.1, 0.15) is 38.4 Å². The van der Waals surface area contributed by atoms with Crippen molar-refractivity contribution < 1.29 is 0 Å². The van der Waals surface area contributed by atoms with Crippen molar-refractivity contribution in [3.05, 3.63) is 29.0 Å². The van der Waals surface area contributed by atoms with Crippen LogP contribution in [-0.4, -0.2) is 9.55 Å². The van der Waals surface area contributed by atoms with E-state index in [1.807, 2.05) is 18.2 Å². The highest BCUT2D eigenvalue weighted by Crippen LogP contribution is 2.46. The summed E-state index contributed by atoms with van der Waals surface area (Å²) in [5.74, 6) is 1.37. The van der Waals surface area contributed by atoms with Crippen LogP contribution in [0, 0.1) is 5.41 Å². The molecule has 1 aromatic carbocycles. The lowest BCUT2D eigenvalue weighted by Crippen LogP contribution is -2.33. The summed E-state index contributed by atoms with van der Waals surface area (Å²) < 4.78 is 2.24. The Bertz CT molecular complexity index is 594. The Morgan fingerprint density at radius 3 is 2.74 bits per heavy atom. The SMILES string of the molecule is CCC1(Cn2c(CCl)nc3cccc(Cl)c32)CCC1. The van der Waals surface area contributed by atoms with Gasteiger partial charge >= 0.3 is 0 Å². The number of hydrogen-bond donors (Lipinski definition) is 0. The summed E-state index contributed by atoms with van der Waals surface area (Å²) in [6.45, 7) is 3.27. The molecule has 0 saturated heterocycles. The van der Waals surface area contributed by atoms with Crippen molar-refractivity contribution in [2.75, 3.05) is 0 Å². The van der Waals surface area contributed by atoms with Crippen LogP contribution in [0.25, 0.3) is 11.0 Å². The number of imidazole rings is 1. The molecular formula is C15H18Cl2N2. The number of benzene rings is 1. The highest BCUT2D eigenvalue weighted by molar-refractivity contribution is 6.35. The molecule has 0 amide bonds. The van der Waals surface area contributed by atoms with Gasteiger partial charge in [0, 0.05) is 6.54 Å². The zero-order valence-electron chi connectivity index (χ0n) is 11.1. The molecule has 4 heteroatoms. The minimum atomic E-state index is 0.424. The van der Waals surface area contributed by atoms with Crippen LogP contribution in [0.15, 0.2) is 18.2 Å². The lowest BCUT2D eigenvalue weighted by atomic mass is 9.67. The molecule has 0 atom stereocenters. The van der Waals surface area contributed by atoms with Gasteiger partial charge < -0.3 is 4.57 Å². The van der Waals surface area contributed by atoms with Gasteiger partial charge in [0.15, 0.2) is 0 Å². The maximum absolute atomic E-state index is 6.36. The topological polar surface area (TPSA) is 17.8 Å². The Morgan fingerprint density at radius 1 is 1.37 bits per heavy atom. The normalized spacial score (nSPS) is 17.6. The summed E-state index contributed by atoms with van der Waals surface area (Å²) in [4.78, 5) is 4.62. The summed E-state index contributed by atoms with van der Waals surface area (Å²) in [5, 5.41) is 0.770. The maximum atomic E-state index is 6.36. The molecule has 0 N–H and O–H groups in total.